The molecule has 94 valence electrons. The van der Waals surface area contributed by atoms with Gasteiger partial charge in [0.1, 0.15) is 6.54 Å². The smallest absolute Gasteiger partial charge is 0.242 e. The van der Waals surface area contributed by atoms with Crippen LogP contribution in [0.4, 0.5) is 0 Å². The van der Waals surface area contributed by atoms with E-state index >= 15 is 0 Å². The molecule has 0 atom stereocenters. The Morgan fingerprint density at radius 1 is 1.41 bits per heavy atom. The molecule has 0 spiro atoms. The molecule has 1 N–H and O–H groups in total. The van der Waals surface area contributed by atoms with Gasteiger partial charge in [0.15, 0.2) is 0 Å². The van der Waals surface area contributed by atoms with Crippen LogP contribution in [-0.2, 0) is 17.9 Å². The molecule has 1 aliphatic heterocycles. The highest BCUT2D eigenvalue weighted by Crippen LogP contribution is 2.09. The van der Waals surface area contributed by atoms with Crippen molar-refractivity contribution in [2.24, 2.45) is 0 Å². The second-order valence-corrected chi connectivity index (χ2v) is 4.56. The van der Waals surface area contributed by atoms with Crippen LogP contribution in [0, 0.1) is 0 Å². The minimum absolute atomic E-state index is 0.244. The summed E-state index contributed by atoms with van der Waals surface area (Å²) in [5, 5.41) is 3.28. The number of hydrogen-bond donors (Lipinski definition) is 1. The van der Waals surface area contributed by atoms with Crippen LogP contribution in [-0.4, -0.2) is 35.0 Å². The average molecular weight is 235 g/mol. The maximum atomic E-state index is 11.9. The molecule has 0 aliphatic carbocycles. The Bertz CT molecular complexity index is 366. The van der Waals surface area contributed by atoms with Crippen LogP contribution in [0.3, 0.4) is 0 Å². The largest absolute Gasteiger partial charge is 0.345 e. The Labute approximate surface area is 103 Å². The highest BCUT2D eigenvalue weighted by molar-refractivity contribution is 5.76. The summed E-state index contributed by atoms with van der Waals surface area (Å²) in [5.41, 5.74) is 1.24. The molecule has 0 bridgehead atoms. The van der Waals surface area contributed by atoms with E-state index in [1.165, 1.54) is 5.56 Å². The van der Waals surface area contributed by atoms with E-state index in [1.807, 2.05) is 15.7 Å². The molecule has 1 fully saturated rings. The fourth-order valence-corrected chi connectivity index (χ4v) is 2.19. The molecule has 1 aromatic heterocycles. The van der Waals surface area contributed by atoms with Crippen molar-refractivity contribution in [3.8, 4) is 0 Å². The fraction of sp³-hybridized carbons (Fsp3) is 0.615. The van der Waals surface area contributed by atoms with Crippen molar-refractivity contribution in [3.63, 3.8) is 0 Å². The lowest BCUT2D eigenvalue weighted by Crippen LogP contribution is -2.30. The molecule has 2 heterocycles. The average Bonchev–Trinajstić information content (AvgIpc) is 2.97. The minimum Gasteiger partial charge on any atom is -0.345 e. The van der Waals surface area contributed by atoms with Crippen LogP contribution in [0.2, 0.25) is 0 Å². The Kier molecular flexibility index (Phi) is 4.20. The number of nitrogens with one attached hydrogen (secondary N) is 1. The first-order valence-corrected chi connectivity index (χ1v) is 6.42. The molecular weight excluding hydrogens is 214 g/mol. The van der Waals surface area contributed by atoms with Gasteiger partial charge in [-0.15, -0.1) is 0 Å². The van der Waals surface area contributed by atoms with Crippen molar-refractivity contribution in [3.05, 3.63) is 24.0 Å². The lowest BCUT2D eigenvalue weighted by Gasteiger charge is -2.15. The van der Waals surface area contributed by atoms with Crippen molar-refractivity contribution in [1.29, 1.82) is 0 Å². The maximum absolute atomic E-state index is 11.9. The van der Waals surface area contributed by atoms with Gasteiger partial charge in [0, 0.05) is 32.0 Å². The minimum atomic E-state index is 0.244. The molecule has 1 amide bonds. The molecule has 2 rings (SSSR count). The van der Waals surface area contributed by atoms with Gasteiger partial charge in [-0.05, 0) is 31.0 Å². The van der Waals surface area contributed by atoms with E-state index in [2.05, 4.69) is 24.5 Å². The van der Waals surface area contributed by atoms with Gasteiger partial charge >= 0.3 is 0 Å². The third-order valence-corrected chi connectivity index (χ3v) is 3.17. The summed E-state index contributed by atoms with van der Waals surface area (Å²) >= 11 is 0. The summed E-state index contributed by atoms with van der Waals surface area (Å²) in [5.74, 6) is 0.244. The fourth-order valence-electron chi connectivity index (χ4n) is 2.19. The van der Waals surface area contributed by atoms with Crippen LogP contribution in [0.15, 0.2) is 18.5 Å². The number of carbonyl (C=O) groups is 1. The Balaban J connectivity index is 1.85. The third-order valence-electron chi connectivity index (χ3n) is 3.17. The summed E-state index contributed by atoms with van der Waals surface area (Å²) < 4.78 is 1.98. The van der Waals surface area contributed by atoms with Gasteiger partial charge in [-0.3, -0.25) is 4.79 Å². The number of carbonyl (C=O) groups excluding carboxylic acids is 1. The highest BCUT2D eigenvalue weighted by Gasteiger charge is 2.17. The molecule has 1 saturated heterocycles. The van der Waals surface area contributed by atoms with Crippen molar-refractivity contribution in [2.75, 3.05) is 19.6 Å². The Morgan fingerprint density at radius 2 is 2.18 bits per heavy atom. The second kappa shape index (κ2) is 5.87. The summed E-state index contributed by atoms with van der Waals surface area (Å²) in [7, 11) is 0. The highest BCUT2D eigenvalue weighted by atomic mass is 16.2. The van der Waals surface area contributed by atoms with Gasteiger partial charge in [0.2, 0.25) is 5.91 Å². The van der Waals surface area contributed by atoms with Crippen LogP contribution >= 0.6 is 0 Å². The number of amides is 1. The van der Waals surface area contributed by atoms with E-state index in [4.69, 9.17) is 0 Å². The van der Waals surface area contributed by atoms with Crippen LogP contribution in [0.5, 0.6) is 0 Å². The van der Waals surface area contributed by atoms with Crippen molar-refractivity contribution in [2.45, 2.75) is 32.9 Å². The molecule has 0 radical (unpaired) electrons. The van der Waals surface area contributed by atoms with Gasteiger partial charge in [0.05, 0.1) is 0 Å². The molecule has 0 unspecified atom stereocenters. The first-order valence-electron chi connectivity index (χ1n) is 6.42. The van der Waals surface area contributed by atoms with E-state index in [0.29, 0.717) is 6.54 Å². The number of likely N-dealkylation sites (tertiary alicyclic amines) is 1. The van der Waals surface area contributed by atoms with Crippen LogP contribution in [0.25, 0.3) is 0 Å². The van der Waals surface area contributed by atoms with E-state index in [9.17, 15) is 4.79 Å². The third kappa shape index (κ3) is 3.33. The van der Waals surface area contributed by atoms with Gasteiger partial charge in [-0.1, -0.05) is 6.92 Å². The maximum Gasteiger partial charge on any atom is 0.242 e. The molecule has 0 saturated carbocycles. The molecule has 1 aliphatic rings. The normalized spacial score (nSPS) is 15.5. The molecule has 17 heavy (non-hydrogen) atoms. The van der Waals surface area contributed by atoms with E-state index in [0.717, 1.165) is 39.0 Å². The van der Waals surface area contributed by atoms with Crippen molar-refractivity contribution < 1.29 is 4.79 Å². The number of hydrogen-bond acceptors (Lipinski definition) is 2. The zero-order valence-electron chi connectivity index (χ0n) is 10.5. The van der Waals surface area contributed by atoms with E-state index < -0.39 is 0 Å². The van der Waals surface area contributed by atoms with Crippen molar-refractivity contribution >= 4 is 5.91 Å². The van der Waals surface area contributed by atoms with Gasteiger partial charge in [-0.2, -0.15) is 0 Å². The Hall–Kier alpha value is -1.29. The van der Waals surface area contributed by atoms with Crippen molar-refractivity contribution in [1.82, 2.24) is 14.8 Å². The number of aromatic nitrogens is 1. The summed E-state index contributed by atoms with van der Waals surface area (Å²) in [6.07, 6.45) is 6.35. The van der Waals surface area contributed by atoms with Crippen LogP contribution in [0.1, 0.15) is 25.3 Å². The molecule has 4 heteroatoms. The molecule has 0 aromatic carbocycles. The van der Waals surface area contributed by atoms with Gasteiger partial charge in [-0.25, -0.2) is 0 Å². The topological polar surface area (TPSA) is 37.3 Å². The zero-order valence-corrected chi connectivity index (χ0v) is 10.5. The zero-order chi connectivity index (χ0) is 12.1. The van der Waals surface area contributed by atoms with Gasteiger partial charge in [0.25, 0.3) is 0 Å². The number of nitrogens with zero attached hydrogens (tertiary/aromatic N) is 2. The first-order chi connectivity index (χ1) is 8.29. The van der Waals surface area contributed by atoms with Gasteiger partial charge < -0.3 is 14.8 Å². The monoisotopic (exact) mass is 235 g/mol. The predicted octanol–water partition coefficient (Wildman–Crippen LogP) is 1.22. The Morgan fingerprint density at radius 3 is 2.88 bits per heavy atom. The SMILES string of the molecule is CCNCc1ccn(CC(=O)N2CCCC2)c1. The lowest BCUT2D eigenvalue weighted by molar-refractivity contribution is -0.130. The number of rotatable bonds is 5. The lowest BCUT2D eigenvalue weighted by atomic mass is 10.3. The van der Waals surface area contributed by atoms with E-state index in [-0.39, 0.29) is 5.91 Å². The predicted molar refractivity (Wildman–Crippen MR) is 67.6 cm³/mol. The summed E-state index contributed by atoms with van der Waals surface area (Å²) in [6, 6.07) is 2.07. The first kappa shape index (κ1) is 12.2. The van der Waals surface area contributed by atoms with Crippen LogP contribution < -0.4 is 5.32 Å². The molecule has 4 nitrogen and oxygen atoms in total. The standard InChI is InChI=1S/C13H21N3O/c1-2-14-9-12-5-8-15(10-12)11-13(17)16-6-3-4-7-16/h5,8,10,14H,2-4,6-7,9,11H2,1H3. The summed E-state index contributed by atoms with van der Waals surface area (Å²) in [4.78, 5) is 13.9. The summed E-state index contributed by atoms with van der Waals surface area (Å²) in [6.45, 7) is 6.29. The van der Waals surface area contributed by atoms with E-state index in [1.54, 1.807) is 0 Å². The molecular formula is C13H21N3O. The second-order valence-electron chi connectivity index (χ2n) is 4.56. The molecule has 1 aromatic rings. The quantitative estimate of drug-likeness (QED) is 0.833.